The van der Waals surface area contributed by atoms with Gasteiger partial charge in [-0.05, 0) is 71.0 Å². The Labute approximate surface area is 250 Å². The molecule has 0 unspecified atom stereocenters. The number of aromatic nitrogens is 4. The van der Waals surface area contributed by atoms with Crippen LogP contribution in [0.25, 0.3) is 21.8 Å². The van der Waals surface area contributed by atoms with Crippen LogP contribution in [0.5, 0.6) is 5.75 Å². The molecule has 2 amide bonds. The highest BCUT2D eigenvalue weighted by Gasteiger charge is 2.16. The van der Waals surface area contributed by atoms with Crippen LogP contribution in [0.4, 0.5) is 11.9 Å². The van der Waals surface area contributed by atoms with Crippen molar-refractivity contribution < 1.29 is 14.3 Å². The molecule has 0 aliphatic carbocycles. The molecule has 0 aliphatic rings. The van der Waals surface area contributed by atoms with E-state index in [9.17, 15) is 9.59 Å². The first-order chi connectivity index (χ1) is 20.1. The quantitative estimate of drug-likeness (QED) is 0.256. The van der Waals surface area contributed by atoms with E-state index in [0.29, 0.717) is 17.6 Å². The Hall–Kier alpha value is -4.58. The minimum absolute atomic E-state index is 0.203. The molecule has 4 rings (SSSR count). The first kappa shape index (κ1) is 31.9. The number of aryl methyl sites for hydroxylation is 1. The van der Waals surface area contributed by atoms with Crippen LogP contribution in [0.1, 0.15) is 53.5 Å². The predicted molar refractivity (Wildman–Crippen MR) is 168 cm³/mol. The Balaban J connectivity index is 0.000000231. The number of hydrogen-bond donors (Lipinski definition) is 2. The molecule has 11 nitrogen and oxygen atoms in total. The summed E-state index contributed by atoms with van der Waals surface area (Å²) in [6, 6.07) is 14.8. The van der Waals surface area contributed by atoms with E-state index in [-0.39, 0.29) is 11.4 Å². The van der Waals surface area contributed by atoms with Gasteiger partial charge in [0.2, 0.25) is 11.9 Å². The highest BCUT2D eigenvalue weighted by Crippen LogP contribution is 2.28. The molecular formula is C30H38N8O3S. The first-order valence-corrected chi connectivity index (χ1v) is 14.5. The molecular weight excluding hydrogens is 552 g/mol. The van der Waals surface area contributed by atoms with Gasteiger partial charge in [0.15, 0.2) is 0 Å². The minimum atomic E-state index is -0.569. The maximum absolute atomic E-state index is 11.5. The summed E-state index contributed by atoms with van der Waals surface area (Å²) in [6.45, 7) is 13.2. The fourth-order valence-corrected chi connectivity index (χ4v) is 4.87. The summed E-state index contributed by atoms with van der Waals surface area (Å²) in [5, 5.41) is 0. The molecule has 0 aliphatic heterocycles. The number of nitrogens with zero attached hydrogens (tertiary/aromatic N) is 6. The van der Waals surface area contributed by atoms with Crippen LogP contribution >= 0.6 is 11.3 Å². The number of thiophene rings is 1. The van der Waals surface area contributed by atoms with E-state index < -0.39 is 11.8 Å². The number of carbonyl (C=O) groups excluding carboxylic acids is 2. The van der Waals surface area contributed by atoms with Crippen LogP contribution in [0.15, 0.2) is 48.5 Å². The molecule has 1 aromatic carbocycles. The molecule has 0 saturated carbocycles. The van der Waals surface area contributed by atoms with E-state index >= 15 is 0 Å². The molecule has 0 atom stereocenters. The minimum Gasteiger partial charge on any atom is -0.497 e. The molecule has 3 aromatic heterocycles. The van der Waals surface area contributed by atoms with Crippen LogP contribution in [-0.2, 0) is 0 Å². The maximum Gasteiger partial charge on any atom is 0.267 e. The highest BCUT2D eigenvalue weighted by atomic mass is 32.1. The molecule has 0 radical (unpaired) electrons. The summed E-state index contributed by atoms with van der Waals surface area (Å²) in [6.07, 6.45) is 0. The van der Waals surface area contributed by atoms with Gasteiger partial charge >= 0.3 is 0 Å². The normalized spacial score (nSPS) is 10.4. The van der Waals surface area contributed by atoms with Gasteiger partial charge in [0.05, 0.1) is 23.4 Å². The van der Waals surface area contributed by atoms with Gasteiger partial charge in [-0.2, -0.15) is 0 Å². The van der Waals surface area contributed by atoms with Gasteiger partial charge in [-0.15, -0.1) is 11.3 Å². The van der Waals surface area contributed by atoms with Crippen molar-refractivity contribution in [1.82, 2.24) is 19.9 Å². The van der Waals surface area contributed by atoms with Crippen molar-refractivity contribution in [3.63, 3.8) is 0 Å². The average Bonchev–Trinajstić information content (AvgIpc) is 3.44. The molecule has 222 valence electrons. The fourth-order valence-electron chi connectivity index (χ4n) is 4.05. The predicted octanol–water partition coefficient (Wildman–Crippen LogP) is 4.56. The standard InChI is InChI=1S/C16H20N4O2.C14H18N4OS/c1-4-20(5-2)16-18-13(10-14(19-16)15(17)21)11-7-6-8-12(9-11)22-3;1-4-18(5-2)14-16-10(8-11(17-14)13(15)19)12-7-6-9(3)20-12/h6-10H,4-5H2,1-3H3,(H2,17,21);6-8H,4-5H2,1-3H3,(H2,15,19). The van der Waals surface area contributed by atoms with Crippen LogP contribution in [-0.4, -0.2) is 65.0 Å². The van der Waals surface area contributed by atoms with Crippen molar-refractivity contribution in [3.8, 4) is 27.6 Å². The van der Waals surface area contributed by atoms with Crippen LogP contribution in [0, 0.1) is 6.92 Å². The Bertz CT molecular complexity index is 1520. The van der Waals surface area contributed by atoms with E-state index in [1.807, 2.05) is 80.8 Å². The Morgan fingerprint density at radius 1 is 0.762 bits per heavy atom. The number of rotatable bonds is 11. The fraction of sp³-hybridized carbons (Fsp3) is 0.333. The number of nitrogens with two attached hydrogens (primary N) is 2. The second kappa shape index (κ2) is 14.9. The SMILES string of the molecule is CCN(CC)c1nc(C(N)=O)cc(-c2ccc(C)s2)n1.CCN(CC)c1nc(C(N)=O)cc(-c2cccc(OC)c2)n1. The maximum atomic E-state index is 11.5. The zero-order valence-corrected chi connectivity index (χ0v) is 25.7. The number of benzene rings is 1. The summed E-state index contributed by atoms with van der Waals surface area (Å²) in [4.78, 5) is 46.8. The highest BCUT2D eigenvalue weighted by molar-refractivity contribution is 7.15. The molecule has 0 bridgehead atoms. The van der Waals surface area contributed by atoms with Gasteiger partial charge in [-0.25, -0.2) is 19.9 Å². The number of primary amides is 2. The van der Waals surface area contributed by atoms with Crippen molar-refractivity contribution in [2.75, 3.05) is 43.1 Å². The summed E-state index contributed by atoms with van der Waals surface area (Å²) < 4.78 is 5.23. The molecule has 0 spiro atoms. The number of hydrogen-bond acceptors (Lipinski definition) is 10. The number of anilines is 2. The lowest BCUT2D eigenvalue weighted by molar-refractivity contribution is 0.0987. The smallest absolute Gasteiger partial charge is 0.267 e. The van der Waals surface area contributed by atoms with E-state index in [2.05, 4.69) is 19.9 Å². The molecule has 42 heavy (non-hydrogen) atoms. The molecule has 3 heterocycles. The van der Waals surface area contributed by atoms with Gasteiger partial charge in [0, 0.05) is 36.6 Å². The number of amides is 2. The molecule has 4 N–H and O–H groups in total. The lowest BCUT2D eigenvalue weighted by Crippen LogP contribution is -2.26. The van der Waals surface area contributed by atoms with Gasteiger partial charge < -0.3 is 26.0 Å². The third-order valence-corrected chi connectivity index (χ3v) is 7.41. The summed E-state index contributed by atoms with van der Waals surface area (Å²) in [5.41, 5.74) is 13.5. The first-order valence-electron chi connectivity index (χ1n) is 13.7. The van der Waals surface area contributed by atoms with Crippen molar-refractivity contribution in [1.29, 1.82) is 0 Å². The topological polar surface area (TPSA) is 153 Å². The Morgan fingerprint density at radius 2 is 1.29 bits per heavy atom. The lowest BCUT2D eigenvalue weighted by atomic mass is 10.1. The van der Waals surface area contributed by atoms with E-state index in [1.165, 1.54) is 4.88 Å². The molecule has 0 saturated heterocycles. The van der Waals surface area contributed by atoms with Crippen LogP contribution < -0.4 is 26.0 Å². The largest absolute Gasteiger partial charge is 0.497 e. The monoisotopic (exact) mass is 590 g/mol. The van der Waals surface area contributed by atoms with E-state index in [4.69, 9.17) is 16.2 Å². The van der Waals surface area contributed by atoms with Crippen LogP contribution in [0.2, 0.25) is 0 Å². The van der Waals surface area contributed by atoms with Gasteiger partial charge in [0.1, 0.15) is 17.1 Å². The summed E-state index contributed by atoms with van der Waals surface area (Å²) in [5.74, 6) is 0.669. The third kappa shape index (κ3) is 8.00. The number of methoxy groups -OCH3 is 1. The Kier molecular flexibility index (Phi) is 11.3. The van der Waals surface area contributed by atoms with Crippen molar-refractivity contribution in [2.45, 2.75) is 34.6 Å². The summed E-state index contributed by atoms with van der Waals surface area (Å²) in [7, 11) is 1.61. The van der Waals surface area contributed by atoms with E-state index in [1.54, 1.807) is 30.6 Å². The van der Waals surface area contributed by atoms with Crippen molar-refractivity contribution in [2.24, 2.45) is 11.5 Å². The molecule has 4 aromatic rings. The van der Waals surface area contributed by atoms with Gasteiger partial charge in [-0.3, -0.25) is 9.59 Å². The molecule has 0 fully saturated rings. The second-order valence-corrected chi connectivity index (χ2v) is 10.4. The number of carbonyl (C=O) groups is 2. The summed E-state index contributed by atoms with van der Waals surface area (Å²) >= 11 is 1.64. The van der Waals surface area contributed by atoms with Crippen LogP contribution in [0.3, 0.4) is 0 Å². The number of ether oxygens (including phenoxy) is 1. The van der Waals surface area contributed by atoms with Gasteiger partial charge in [0.25, 0.3) is 11.8 Å². The van der Waals surface area contributed by atoms with Crippen molar-refractivity contribution in [3.05, 3.63) is 64.8 Å². The average molecular weight is 591 g/mol. The second-order valence-electron chi connectivity index (χ2n) is 9.09. The van der Waals surface area contributed by atoms with E-state index in [0.717, 1.165) is 48.1 Å². The molecule has 12 heteroatoms. The van der Waals surface area contributed by atoms with Crippen molar-refractivity contribution >= 4 is 35.0 Å². The Morgan fingerprint density at radius 3 is 1.74 bits per heavy atom. The zero-order valence-electron chi connectivity index (χ0n) is 24.9. The zero-order chi connectivity index (χ0) is 30.8. The van der Waals surface area contributed by atoms with Gasteiger partial charge in [-0.1, -0.05) is 12.1 Å². The third-order valence-electron chi connectivity index (χ3n) is 6.38. The lowest BCUT2D eigenvalue weighted by Gasteiger charge is -2.19.